The summed E-state index contributed by atoms with van der Waals surface area (Å²) < 4.78 is 0. The Hall–Kier alpha value is -3.51. The zero-order valence-corrected chi connectivity index (χ0v) is 12.8. The van der Waals surface area contributed by atoms with Crippen LogP contribution in [0.2, 0.25) is 0 Å². The van der Waals surface area contributed by atoms with Gasteiger partial charge in [-0.05, 0) is 23.6 Å². The Labute approximate surface area is 138 Å². The van der Waals surface area contributed by atoms with Gasteiger partial charge in [0.25, 0.3) is 0 Å². The number of benzene rings is 2. The number of carboxylic acids is 1. The average molecular weight is 322 g/mol. The third kappa shape index (κ3) is 3.13. The zero-order valence-electron chi connectivity index (χ0n) is 12.8. The van der Waals surface area contributed by atoms with Crippen LogP contribution in [0.4, 0.5) is 0 Å². The Morgan fingerprint density at radius 3 is 2.29 bits per heavy atom. The van der Waals surface area contributed by atoms with Crippen LogP contribution < -0.4 is 0 Å². The first kappa shape index (κ1) is 16.9. The zero-order chi connectivity index (χ0) is 17.9. The Balaban J connectivity index is 2.42. The molecular weight excluding hydrogens is 308 g/mol. The molecule has 0 saturated heterocycles. The second-order valence-electron chi connectivity index (χ2n) is 5.35. The molecule has 0 aromatic heterocycles. The van der Waals surface area contributed by atoms with E-state index < -0.39 is 23.4 Å². The molecule has 1 unspecified atom stereocenters. The molecule has 2 aromatic rings. The average Bonchev–Trinajstić information content (AvgIpc) is 2.58. The van der Waals surface area contributed by atoms with Crippen molar-refractivity contribution in [2.45, 2.75) is 19.3 Å². The summed E-state index contributed by atoms with van der Waals surface area (Å²) in [6.07, 6.45) is 0.196. The SMILES string of the molecule is CC(C(=O)O)c1ccc(Cc2c(C#N)cc(O)c(O)c2C#N)cc1. The predicted molar refractivity (Wildman–Crippen MR) is 84.5 cm³/mol. The fourth-order valence-electron chi connectivity index (χ4n) is 2.37. The Bertz CT molecular complexity index is 874. The van der Waals surface area contributed by atoms with Gasteiger partial charge in [0.15, 0.2) is 11.5 Å². The number of phenols is 2. The topological polar surface area (TPSA) is 125 Å². The molecule has 0 fully saturated rings. The second-order valence-corrected chi connectivity index (χ2v) is 5.35. The number of nitrogens with zero attached hydrogens (tertiary/aromatic N) is 2. The van der Waals surface area contributed by atoms with Crippen molar-refractivity contribution in [3.05, 3.63) is 58.1 Å². The number of aliphatic carboxylic acids is 1. The molecule has 0 bridgehead atoms. The predicted octanol–water partition coefficient (Wildman–Crippen LogP) is 2.62. The number of carboxylic acid groups (broad SMARTS) is 1. The first-order valence-corrected chi connectivity index (χ1v) is 7.08. The van der Waals surface area contributed by atoms with Crippen LogP contribution in [-0.2, 0) is 11.2 Å². The van der Waals surface area contributed by atoms with E-state index in [0.29, 0.717) is 11.1 Å². The van der Waals surface area contributed by atoms with E-state index in [9.17, 15) is 25.5 Å². The highest BCUT2D eigenvalue weighted by Crippen LogP contribution is 2.34. The normalized spacial score (nSPS) is 11.3. The number of phenolic OH excluding ortho intramolecular Hbond substituents is 2. The maximum Gasteiger partial charge on any atom is 0.310 e. The molecule has 3 N–H and O–H groups in total. The van der Waals surface area contributed by atoms with E-state index in [1.165, 1.54) is 0 Å². The molecule has 24 heavy (non-hydrogen) atoms. The van der Waals surface area contributed by atoms with Gasteiger partial charge in [-0.15, -0.1) is 0 Å². The molecule has 0 saturated carbocycles. The van der Waals surface area contributed by atoms with E-state index in [4.69, 9.17) is 5.11 Å². The van der Waals surface area contributed by atoms with Gasteiger partial charge in [0.1, 0.15) is 11.6 Å². The summed E-state index contributed by atoms with van der Waals surface area (Å²) in [5.74, 6) is -2.63. The largest absolute Gasteiger partial charge is 0.504 e. The number of hydrogen-bond acceptors (Lipinski definition) is 5. The Morgan fingerprint density at radius 1 is 1.17 bits per heavy atom. The highest BCUT2D eigenvalue weighted by Gasteiger charge is 2.18. The third-order valence-electron chi connectivity index (χ3n) is 3.85. The summed E-state index contributed by atoms with van der Waals surface area (Å²) in [7, 11) is 0. The van der Waals surface area contributed by atoms with Crippen LogP contribution in [-0.4, -0.2) is 21.3 Å². The summed E-state index contributed by atoms with van der Waals surface area (Å²) in [5, 5.41) is 46.8. The quantitative estimate of drug-likeness (QED) is 0.743. The van der Waals surface area contributed by atoms with Gasteiger partial charge in [-0.3, -0.25) is 4.79 Å². The van der Waals surface area contributed by atoms with Crippen LogP contribution in [0.25, 0.3) is 0 Å². The van der Waals surface area contributed by atoms with Crippen LogP contribution >= 0.6 is 0 Å². The molecule has 0 heterocycles. The van der Waals surface area contributed by atoms with E-state index in [0.717, 1.165) is 11.6 Å². The van der Waals surface area contributed by atoms with Gasteiger partial charge in [0.05, 0.1) is 17.6 Å². The van der Waals surface area contributed by atoms with Crippen LogP contribution in [0.3, 0.4) is 0 Å². The summed E-state index contributed by atoms with van der Waals surface area (Å²) in [4.78, 5) is 11.0. The van der Waals surface area contributed by atoms with Gasteiger partial charge in [0, 0.05) is 12.5 Å². The highest BCUT2D eigenvalue weighted by atomic mass is 16.4. The summed E-state index contributed by atoms with van der Waals surface area (Å²) in [6, 6.07) is 11.6. The van der Waals surface area contributed by atoms with Gasteiger partial charge in [-0.2, -0.15) is 10.5 Å². The van der Waals surface area contributed by atoms with Crippen LogP contribution in [0, 0.1) is 22.7 Å². The van der Waals surface area contributed by atoms with E-state index in [2.05, 4.69) is 0 Å². The number of nitriles is 2. The minimum absolute atomic E-state index is 0.102. The van der Waals surface area contributed by atoms with Gasteiger partial charge in [-0.25, -0.2) is 0 Å². The number of rotatable bonds is 4. The van der Waals surface area contributed by atoms with E-state index >= 15 is 0 Å². The molecule has 0 radical (unpaired) electrons. The molecule has 0 aliphatic rings. The fraction of sp³-hybridized carbons (Fsp3) is 0.167. The lowest BCUT2D eigenvalue weighted by molar-refractivity contribution is -0.138. The lowest BCUT2D eigenvalue weighted by Crippen LogP contribution is -2.07. The van der Waals surface area contributed by atoms with Crippen molar-refractivity contribution in [1.29, 1.82) is 10.5 Å². The molecule has 6 nitrogen and oxygen atoms in total. The smallest absolute Gasteiger partial charge is 0.310 e. The summed E-state index contributed by atoms with van der Waals surface area (Å²) in [5.41, 5.74) is 1.66. The van der Waals surface area contributed by atoms with Gasteiger partial charge < -0.3 is 15.3 Å². The third-order valence-corrected chi connectivity index (χ3v) is 3.85. The standard InChI is InChI=1S/C18H14N2O4/c1-10(18(23)24)12-4-2-11(3-5-12)6-14-13(8-19)7-16(21)17(22)15(14)9-20/h2-5,7,10,21-22H,6H2,1H3,(H,23,24). The van der Waals surface area contributed by atoms with Crippen molar-refractivity contribution in [3.63, 3.8) is 0 Å². The first-order valence-electron chi connectivity index (χ1n) is 7.08. The van der Waals surface area contributed by atoms with E-state index in [1.54, 1.807) is 37.3 Å². The van der Waals surface area contributed by atoms with Gasteiger partial charge in [-0.1, -0.05) is 24.3 Å². The summed E-state index contributed by atoms with van der Waals surface area (Å²) in [6.45, 7) is 1.58. The van der Waals surface area contributed by atoms with Crippen molar-refractivity contribution in [2.75, 3.05) is 0 Å². The molecule has 0 aliphatic carbocycles. The first-order chi connectivity index (χ1) is 11.4. The maximum absolute atomic E-state index is 11.0. The minimum atomic E-state index is -0.926. The van der Waals surface area contributed by atoms with Gasteiger partial charge in [0.2, 0.25) is 0 Å². The van der Waals surface area contributed by atoms with E-state index in [-0.39, 0.29) is 17.5 Å². The molecule has 0 aliphatic heterocycles. The fourth-order valence-corrected chi connectivity index (χ4v) is 2.37. The Kier molecular flexibility index (Phi) is 4.72. The molecular formula is C18H14N2O4. The number of carbonyl (C=O) groups is 1. The van der Waals surface area contributed by atoms with Crippen LogP contribution in [0.1, 0.15) is 40.7 Å². The van der Waals surface area contributed by atoms with Crippen molar-refractivity contribution in [1.82, 2.24) is 0 Å². The van der Waals surface area contributed by atoms with E-state index in [1.807, 2.05) is 6.07 Å². The maximum atomic E-state index is 11.0. The lowest BCUT2D eigenvalue weighted by Gasteiger charge is -2.11. The van der Waals surface area contributed by atoms with Crippen molar-refractivity contribution in [3.8, 4) is 23.6 Å². The molecule has 1 atom stereocenters. The minimum Gasteiger partial charge on any atom is -0.504 e. The second kappa shape index (κ2) is 6.72. The van der Waals surface area contributed by atoms with Crippen molar-refractivity contribution < 1.29 is 20.1 Å². The Morgan fingerprint density at radius 2 is 1.79 bits per heavy atom. The molecule has 120 valence electrons. The highest BCUT2D eigenvalue weighted by molar-refractivity contribution is 5.75. The van der Waals surface area contributed by atoms with Crippen molar-refractivity contribution in [2.24, 2.45) is 0 Å². The van der Waals surface area contributed by atoms with Crippen LogP contribution in [0.5, 0.6) is 11.5 Å². The number of hydrogen-bond donors (Lipinski definition) is 3. The molecule has 6 heteroatoms. The monoisotopic (exact) mass is 322 g/mol. The summed E-state index contributed by atoms with van der Waals surface area (Å²) >= 11 is 0. The molecule has 0 spiro atoms. The number of aromatic hydroxyl groups is 2. The van der Waals surface area contributed by atoms with Gasteiger partial charge >= 0.3 is 5.97 Å². The molecule has 2 aromatic carbocycles. The molecule has 0 amide bonds. The molecule has 2 rings (SSSR count). The van der Waals surface area contributed by atoms with Crippen LogP contribution in [0.15, 0.2) is 30.3 Å². The lowest BCUT2D eigenvalue weighted by atomic mass is 9.93. The van der Waals surface area contributed by atoms with Crippen molar-refractivity contribution >= 4 is 5.97 Å².